The second-order valence-electron chi connectivity index (χ2n) is 7.48. The van der Waals surface area contributed by atoms with Gasteiger partial charge in [-0.05, 0) is 31.9 Å². The summed E-state index contributed by atoms with van der Waals surface area (Å²) in [6.07, 6.45) is 6.05. The maximum Gasteiger partial charge on any atom is 0.263 e. The number of ether oxygens (including phenoxy) is 1. The summed E-state index contributed by atoms with van der Waals surface area (Å²) >= 11 is 1.40. The van der Waals surface area contributed by atoms with Gasteiger partial charge in [0.1, 0.15) is 10.5 Å². The molecule has 27 heavy (non-hydrogen) atoms. The normalized spacial score (nSPS) is 26.2. The molecule has 1 saturated carbocycles. The Morgan fingerprint density at radius 2 is 2.33 bits per heavy atom. The van der Waals surface area contributed by atoms with Gasteiger partial charge in [0.2, 0.25) is 0 Å². The first-order valence-corrected chi connectivity index (χ1v) is 10.5. The van der Waals surface area contributed by atoms with Crippen molar-refractivity contribution in [3.63, 3.8) is 0 Å². The van der Waals surface area contributed by atoms with Crippen molar-refractivity contribution in [3.8, 4) is 0 Å². The molecule has 1 N–H and O–H groups in total. The molecule has 1 spiro atoms. The topological polar surface area (TPSA) is 67.4 Å². The zero-order chi connectivity index (χ0) is 18.7. The number of carbonyl (C=O) groups excluding carboxylic acids is 1. The lowest BCUT2D eigenvalue weighted by molar-refractivity contribution is -0.143. The number of aryl methyl sites for hydroxylation is 1. The van der Waals surface area contributed by atoms with E-state index in [4.69, 9.17) is 4.74 Å². The molecule has 2 aromatic rings. The zero-order valence-corrected chi connectivity index (χ0v) is 16.5. The number of nitrogens with zero attached hydrogens (tertiary/aromatic N) is 3. The maximum absolute atomic E-state index is 12.8. The van der Waals surface area contributed by atoms with Crippen LogP contribution in [0, 0.1) is 6.92 Å². The van der Waals surface area contributed by atoms with Crippen LogP contribution in [-0.4, -0.2) is 52.1 Å². The van der Waals surface area contributed by atoms with Gasteiger partial charge in [0, 0.05) is 25.8 Å². The Kier molecular flexibility index (Phi) is 5.52. The Morgan fingerprint density at radius 3 is 3.11 bits per heavy atom. The monoisotopic (exact) mass is 386 g/mol. The van der Waals surface area contributed by atoms with Crippen LogP contribution in [0.15, 0.2) is 29.9 Å². The summed E-state index contributed by atoms with van der Waals surface area (Å²) in [4.78, 5) is 24.6. The molecule has 144 valence electrons. The highest BCUT2D eigenvalue weighted by Gasteiger charge is 2.46. The highest BCUT2D eigenvalue weighted by molar-refractivity contribution is 7.11. The number of aromatic nitrogens is 2. The summed E-state index contributed by atoms with van der Waals surface area (Å²) in [6, 6.07) is 6.07. The fourth-order valence-corrected chi connectivity index (χ4v) is 4.96. The molecular weight excluding hydrogens is 360 g/mol. The Labute approximate surface area is 164 Å². The van der Waals surface area contributed by atoms with Gasteiger partial charge in [-0.25, -0.2) is 4.98 Å². The second-order valence-corrected chi connectivity index (χ2v) is 8.34. The molecule has 0 aromatic carbocycles. The standard InChI is InChI=1S/C20H26N4O2S/c1-15-18(27-14-22-15)19(25)23-17-7-2-4-8-20(17)13-24(10-11-26-20)12-16-6-3-5-9-21-16/h3,5-6,9,14,17H,2,4,7-8,10-13H2,1H3,(H,23,25)/t17-,20+/m0/s1. The summed E-state index contributed by atoms with van der Waals surface area (Å²) < 4.78 is 6.35. The van der Waals surface area contributed by atoms with E-state index in [1.165, 1.54) is 11.3 Å². The Morgan fingerprint density at radius 1 is 1.41 bits per heavy atom. The summed E-state index contributed by atoms with van der Waals surface area (Å²) in [7, 11) is 0. The smallest absolute Gasteiger partial charge is 0.263 e. The molecule has 7 heteroatoms. The SMILES string of the molecule is Cc1ncsc1C(=O)N[C@H]1CCCC[C@@]12CN(Cc1ccccn1)CCO2. The van der Waals surface area contributed by atoms with Gasteiger partial charge in [0.25, 0.3) is 5.91 Å². The van der Waals surface area contributed by atoms with E-state index in [-0.39, 0.29) is 17.6 Å². The quantitative estimate of drug-likeness (QED) is 0.875. The molecule has 1 aliphatic heterocycles. The van der Waals surface area contributed by atoms with Crippen molar-refractivity contribution >= 4 is 17.2 Å². The first-order chi connectivity index (χ1) is 13.2. The number of hydrogen-bond donors (Lipinski definition) is 1. The number of rotatable bonds is 4. The number of amides is 1. The Hall–Kier alpha value is -1.83. The molecule has 1 aliphatic carbocycles. The summed E-state index contributed by atoms with van der Waals surface area (Å²) in [5.41, 5.74) is 3.29. The van der Waals surface area contributed by atoms with Crippen LogP contribution in [0.2, 0.25) is 0 Å². The van der Waals surface area contributed by atoms with E-state index in [9.17, 15) is 4.79 Å². The van der Waals surface area contributed by atoms with Crippen molar-refractivity contribution in [3.05, 3.63) is 46.2 Å². The van der Waals surface area contributed by atoms with Crippen molar-refractivity contribution < 1.29 is 9.53 Å². The lowest BCUT2D eigenvalue weighted by Gasteiger charge is -2.49. The Balaban J connectivity index is 1.48. The van der Waals surface area contributed by atoms with E-state index in [1.54, 1.807) is 5.51 Å². The van der Waals surface area contributed by atoms with Gasteiger partial charge in [0.05, 0.1) is 29.5 Å². The van der Waals surface area contributed by atoms with Crippen LogP contribution in [0.4, 0.5) is 0 Å². The lowest BCUT2D eigenvalue weighted by atomic mass is 9.78. The molecule has 4 rings (SSSR count). The van der Waals surface area contributed by atoms with Crippen molar-refractivity contribution in [2.24, 2.45) is 0 Å². The highest BCUT2D eigenvalue weighted by atomic mass is 32.1. The predicted octanol–water partition coefficient (Wildman–Crippen LogP) is 2.79. The molecule has 0 radical (unpaired) electrons. The van der Waals surface area contributed by atoms with Crippen LogP contribution < -0.4 is 5.32 Å². The zero-order valence-electron chi connectivity index (χ0n) is 15.7. The number of carbonyl (C=O) groups is 1. The number of thiazole rings is 1. The van der Waals surface area contributed by atoms with Gasteiger partial charge >= 0.3 is 0 Å². The molecule has 0 bridgehead atoms. The third kappa shape index (κ3) is 4.05. The maximum atomic E-state index is 12.8. The van der Waals surface area contributed by atoms with E-state index in [1.807, 2.05) is 25.3 Å². The predicted molar refractivity (Wildman–Crippen MR) is 105 cm³/mol. The lowest BCUT2D eigenvalue weighted by Crippen LogP contribution is -2.63. The minimum atomic E-state index is -0.306. The number of morpholine rings is 1. The molecule has 2 fully saturated rings. The van der Waals surface area contributed by atoms with E-state index in [2.05, 4.69) is 26.3 Å². The third-order valence-corrected chi connectivity index (χ3v) is 6.56. The molecule has 2 atom stereocenters. The third-order valence-electron chi connectivity index (χ3n) is 5.63. The van der Waals surface area contributed by atoms with E-state index in [0.717, 1.165) is 56.7 Å². The number of hydrogen-bond acceptors (Lipinski definition) is 6. The largest absolute Gasteiger partial charge is 0.370 e. The highest BCUT2D eigenvalue weighted by Crippen LogP contribution is 2.35. The molecule has 3 heterocycles. The van der Waals surface area contributed by atoms with E-state index in [0.29, 0.717) is 11.5 Å². The molecule has 0 unspecified atom stereocenters. The van der Waals surface area contributed by atoms with Crippen LogP contribution in [0.25, 0.3) is 0 Å². The average Bonchev–Trinajstić information content (AvgIpc) is 3.11. The van der Waals surface area contributed by atoms with Crippen molar-refractivity contribution in [2.75, 3.05) is 19.7 Å². The molecule has 1 amide bonds. The van der Waals surface area contributed by atoms with Crippen LogP contribution in [0.5, 0.6) is 0 Å². The van der Waals surface area contributed by atoms with Gasteiger partial charge < -0.3 is 10.1 Å². The van der Waals surface area contributed by atoms with Gasteiger partial charge in [-0.1, -0.05) is 18.9 Å². The molecule has 2 aliphatic rings. The van der Waals surface area contributed by atoms with Crippen LogP contribution in [0.1, 0.15) is 46.7 Å². The Bertz CT molecular complexity index is 777. The van der Waals surface area contributed by atoms with Crippen molar-refractivity contribution in [1.29, 1.82) is 0 Å². The first-order valence-electron chi connectivity index (χ1n) is 9.63. The van der Waals surface area contributed by atoms with Crippen LogP contribution >= 0.6 is 11.3 Å². The van der Waals surface area contributed by atoms with Gasteiger partial charge in [-0.2, -0.15) is 0 Å². The first kappa shape index (κ1) is 18.5. The molecule has 6 nitrogen and oxygen atoms in total. The van der Waals surface area contributed by atoms with E-state index < -0.39 is 0 Å². The molecular formula is C20H26N4O2S. The fraction of sp³-hybridized carbons (Fsp3) is 0.550. The minimum Gasteiger partial charge on any atom is -0.370 e. The molecule has 2 aromatic heterocycles. The summed E-state index contributed by atoms with van der Waals surface area (Å²) in [6.45, 7) is 5.12. The van der Waals surface area contributed by atoms with Crippen LogP contribution in [-0.2, 0) is 11.3 Å². The van der Waals surface area contributed by atoms with E-state index >= 15 is 0 Å². The summed E-state index contributed by atoms with van der Waals surface area (Å²) in [5.74, 6) is -0.0216. The summed E-state index contributed by atoms with van der Waals surface area (Å²) in [5, 5.41) is 3.27. The fourth-order valence-electron chi connectivity index (χ4n) is 4.26. The van der Waals surface area contributed by atoms with Crippen molar-refractivity contribution in [2.45, 2.75) is 50.8 Å². The van der Waals surface area contributed by atoms with Gasteiger partial charge in [-0.15, -0.1) is 11.3 Å². The number of nitrogens with one attached hydrogen (secondary N) is 1. The average molecular weight is 387 g/mol. The second kappa shape index (κ2) is 8.04. The van der Waals surface area contributed by atoms with Gasteiger partial charge in [-0.3, -0.25) is 14.7 Å². The number of pyridine rings is 1. The van der Waals surface area contributed by atoms with Crippen LogP contribution in [0.3, 0.4) is 0 Å². The minimum absolute atomic E-state index is 0.0216. The van der Waals surface area contributed by atoms with Crippen molar-refractivity contribution in [1.82, 2.24) is 20.2 Å². The molecule has 1 saturated heterocycles. The van der Waals surface area contributed by atoms with Gasteiger partial charge in [0.15, 0.2) is 0 Å².